The highest BCUT2D eigenvalue weighted by molar-refractivity contribution is 6.31. The minimum Gasteiger partial charge on any atom is -0.451 e. The van der Waals surface area contributed by atoms with E-state index in [2.05, 4.69) is 31.4 Å². The lowest BCUT2D eigenvalue weighted by atomic mass is 9.67. The Morgan fingerprint density at radius 1 is 1.27 bits per heavy atom. The molecule has 1 unspecified atom stereocenters. The minimum atomic E-state index is -1.12. The van der Waals surface area contributed by atoms with Gasteiger partial charge in [0.05, 0.1) is 0 Å². The van der Waals surface area contributed by atoms with Gasteiger partial charge in [0.15, 0.2) is 6.10 Å². The largest absolute Gasteiger partial charge is 0.451 e. The number of nitrogens with one attached hydrogen (secondary N) is 2. The molecule has 1 spiro atoms. The van der Waals surface area contributed by atoms with Crippen LogP contribution in [0.1, 0.15) is 58.9 Å². The molecule has 9 heteroatoms. The number of hydrogen-bond donors (Lipinski definition) is 2. The number of halogens is 1. The second-order valence-corrected chi connectivity index (χ2v) is 10.6. The van der Waals surface area contributed by atoms with E-state index in [9.17, 15) is 19.2 Å². The second kappa shape index (κ2) is 9.33. The Morgan fingerprint density at radius 2 is 1.91 bits per heavy atom. The van der Waals surface area contributed by atoms with E-state index in [1.807, 2.05) is 6.92 Å². The standard InChI is InChI=1S/C24H32ClN3O5/c1-14-6-7-17(25)12-18(14)26-20(30)15(2)33-19(29)13-28-21(31)24(27-22(28)32)10-8-16(9-11-24)23(3,4)5/h6-7,12,15-16H,8-11,13H2,1-5H3,(H,26,30)(H,27,32). The van der Waals surface area contributed by atoms with Crippen molar-refractivity contribution in [1.29, 1.82) is 0 Å². The number of amides is 4. The topological polar surface area (TPSA) is 105 Å². The Morgan fingerprint density at radius 3 is 2.52 bits per heavy atom. The Labute approximate surface area is 199 Å². The summed E-state index contributed by atoms with van der Waals surface area (Å²) >= 11 is 5.97. The lowest BCUT2D eigenvalue weighted by molar-refractivity contribution is -0.155. The SMILES string of the molecule is Cc1ccc(Cl)cc1NC(=O)C(C)OC(=O)CN1C(=O)NC2(CCC(C(C)(C)C)CC2)C1=O. The van der Waals surface area contributed by atoms with Gasteiger partial charge < -0.3 is 15.4 Å². The molecule has 4 amide bonds. The van der Waals surface area contributed by atoms with Gasteiger partial charge in [-0.05, 0) is 68.6 Å². The van der Waals surface area contributed by atoms with E-state index in [0.717, 1.165) is 23.3 Å². The summed E-state index contributed by atoms with van der Waals surface area (Å²) in [7, 11) is 0. The molecule has 0 aromatic heterocycles. The first-order chi connectivity index (χ1) is 15.3. The summed E-state index contributed by atoms with van der Waals surface area (Å²) in [6.45, 7) is 9.23. The van der Waals surface area contributed by atoms with Crippen molar-refractivity contribution in [2.24, 2.45) is 11.3 Å². The van der Waals surface area contributed by atoms with Crippen molar-refractivity contribution in [2.75, 3.05) is 11.9 Å². The van der Waals surface area contributed by atoms with Gasteiger partial charge in [-0.15, -0.1) is 0 Å². The lowest BCUT2D eigenvalue weighted by Gasteiger charge is -2.40. The number of hydrogen-bond acceptors (Lipinski definition) is 5. The summed E-state index contributed by atoms with van der Waals surface area (Å²) in [5.41, 5.74) is 0.498. The molecule has 2 fully saturated rings. The third-order valence-corrected chi connectivity index (χ3v) is 6.97. The molecule has 1 saturated carbocycles. The van der Waals surface area contributed by atoms with Gasteiger partial charge in [-0.2, -0.15) is 0 Å². The third-order valence-electron chi connectivity index (χ3n) is 6.73. The number of ether oxygens (including phenoxy) is 1. The van der Waals surface area contributed by atoms with Crippen LogP contribution in [0.4, 0.5) is 10.5 Å². The predicted octanol–water partition coefficient (Wildman–Crippen LogP) is 4.05. The molecular weight excluding hydrogens is 446 g/mol. The number of rotatable bonds is 5. The molecule has 0 bridgehead atoms. The van der Waals surface area contributed by atoms with E-state index in [0.29, 0.717) is 29.5 Å². The Hall–Kier alpha value is -2.61. The van der Waals surface area contributed by atoms with E-state index < -0.39 is 42.0 Å². The van der Waals surface area contributed by atoms with Crippen LogP contribution in [0.5, 0.6) is 0 Å². The quantitative estimate of drug-likeness (QED) is 0.491. The average Bonchev–Trinajstić information content (AvgIpc) is 2.94. The van der Waals surface area contributed by atoms with E-state index in [1.165, 1.54) is 6.92 Å². The summed E-state index contributed by atoms with van der Waals surface area (Å²) in [4.78, 5) is 51.3. The first-order valence-electron chi connectivity index (χ1n) is 11.2. The summed E-state index contributed by atoms with van der Waals surface area (Å²) in [6.07, 6.45) is 1.63. The van der Waals surface area contributed by atoms with Crippen LogP contribution in [0.3, 0.4) is 0 Å². The summed E-state index contributed by atoms with van der Waals surface area (Å²) in [6, 6.07) is 4.47. The number of esters is 1. The fourth-order valence-electron chi connectivity index (χ4n) is 4.52. The fraction of sp³-hybridized carbons (Fsp3) is 0.583. The highest BCUT2D eigenvalue weighted by atomic mass is 35.5. The van der Waals surface area contributed by atoms with Crippen molar-refractivity contribution in [3.05, 3.63) is 28.8 Å². The highest BCUT2D eigenvalue weighted by Gasteiger charge is 2.53. The molecule has 1 atom stereocenters. The van der Waals surface area contributed by atoms with E-state index >= 15 is 0 Å². The Balaban J connectivity index is 1.56. The number of carbonyl (C=O) groups excluding carboxylic acids is 4. The first kappa shape index (κ1) is 25.0. The van der Waals surface area contributed by atoms with E-state index in [1.54, 1.807) is 18.2 Å². The van der Waals surface area contributed by atoms with Gasteiger partial charge in [0.2, 0.25) is 0 Å². The normalized spacial score (nSPS) is 23.9. The fourth-order valence-corrected chi connectivity index (χ4v) is 4.69. The molecule has 1 aromatic rings. The van der Waals surface area contributed by atoms with Gasteiger partial charge in [-0.25, -0.2) is 4.79 Å². The third kappa shape index (κ3) is 5.49. The molecule has 1 aliphatic heterocycles. The van der Waals surface area contributed by atoms with Crippen LogP contribution in [-0.2, 0) is 19.1 Å². The van der Waals surface area contributed by atoms with E-state index in [4.69, 9.17) is 16.3 Å². The number of carbonyl (C=O) groups is 4. The van der Waals surface area contributed by atoms with Crippen molar-refractivity contribution in [1.82, 2.24) is 10.2 Å². The molecular formula is C24H32ClN3O5. The van der Waals surface area contributed by atoms with Gasteiger partial charge >= 0.3 is 12.0 Å². The molecule has 180 valence electrons. The predicted molar refractivity (Wildman–Crippen MR) is 125 cm³/mol. The van der Waals surface area contributed by atoms with Crippen LogP contribution in [0.25, 0.3) is 0 Å². The van der Waals surface area contributed by atoms with Crippen LogP contribution in [-0.4, -0.2) is 46.9 Å². The van der Waals surface area contributed by atoms with Gasteiger partial charge in [0.1, 0.15) is 12.1 Å². The number of nitrogens with zero attached hydrogens (tertiary/aromatic N) is 1. The van der Waals surface area contributed by atoms with Gasteiger partial charge in [0.25, 0.3) is 11.8 Å². The maximum absolute atomic E-state index is 13.1. The molecule has 1 aromatic carbocycles. The summed E-state index contributed by atoms with van der Waals surface area (Å²) < 4.78 is 5.19. The Bertz CT molecular complexity index is 963. The van der Waals surface area contributed by atoms with Gasteiger partial charge in [-0.3, -0.25) is 19.3 Å². The maximum Gasteiger partial charge on any atom is 0.327 e. The number of imide groups is 1. The minimum absolute atomic E-state index is 0.136. The van der Waals surface area contributed by atoms with Crippen LogP contribution < -0.4 is 10.6 Å². The molecule has 1 aliphatic carbocycles. The number of aryl methyl sites for hydroxylation is 1. The molecule has 1 saturated heterocycles. The zero-order valence-electron chi connectivity index (χ0n) is 19.8. The molecule has 2 aliphatic rings. The Kier molecular flexibility index (Phi) is 7.07. The molecule has 2 N–H and O–H groups in total. The van der Waals surface area contributed by atoms with Crippen molar-refractivity contribution < 1.29 is 23.9 Å². The second-order valence-electron chi connectivity index (χ2n) is 10.1. The van der Waals surface area contributed by atoms with Crippen LogP contribution in [0, 0.1) is 18.3 Å². The highest BCUT2D eigenvalue weighted by Crippen LogP contribution is 2.43. The molecule has 0 radical (unpaired) electrons. The van der Waals surface area contributed by atoms with Crippen molar-refractivity contribution in [3.63, 3.8) is 0 Å². The van der Waals surface area contributed by atoms with Crippen LogP contribution in [0.15, 0.2) is 18.2 Å². The first-order valence-corrected chi connectivity index (χ1v) is 11.6. The molecule has 8 nitrogen and oxygen atoms in total. The van der Waals surface area contributed by atoms with Crippen LogP contribution >= 0.6 is 11.6 Å². The number of benzene rings is 1. The monoisotopic (exact) mass is 477 g/mol. The average molecular weight is 478 g/mol. The summed E-state index contributed by atoms with van der Waals surface area (Å²) in [5, 5.41) is 5.94. The molecule has 33 heavy (non-hydrogen) atoms. The molecule has 1 heterocycles. The molecule has 3 rings (SSSR count). The lowest BCUT2D eigenvalue weighted by Crippen LogP contribution is -2.50. The zero-order valence-corrected chi connectivity index (χ0v) is 20.5. The number of anilines is 1. The number of urea groups is 1. The van der Waals surface area contributed by atoms with Crippen molar-refractivity contribution >= 4 is 41.1 Å². The van der Waals surface area contributed by atoms with Crippen molar-refractivity contribution in [3.8, 4) is 0 Å². The maximum atomic E-state index is 13.1. The smallest absolute Gasteiger partial charge is 0.327 e. The summed E-state index contributed by atoms with van der Waals surface area (Å²) in [5.74, 6) is -1.30. The van der Waals surface area contributed by atoms with E-state index in [-0.39, 0.29) is 5.41 Å². The van der Waals surface area contributed by atoms with Crippen LogP contribution in [0.2, 0.25) is 5.02 Å². The van der Waals surface area contributed by atoms with Gasteiger partial charge in [0, 0.05) is 10.7 Å². The van der Waals surface area contributed by atoms with Gasteiger partial charge in [-0.1, -0.05) is 38.4 Å². The van der Waals surface area contributed by atoms with Crippen molar-refractivity contribution in [2.45, 2.75) is 71.9 Å². The zero-order chi connectivity index (χ0) is 24.6.